The zero-order valence-electron chi connectivity index (χ0n) is 8.21. The minimum atomic E-state index is -0.318. The lowest BCUT2D eigenvalue weighted by atomic mass is 10.2. The average Bonchev–Trinajstić information content (AvgIpc) is 2.21. The zero-order valence-corrected chi connectivity index (χ0v) is 8.21. The van der Waals surface area contributed by atoms with Gasteiger partial charge in [0.15, 0.2) is 0 Å². The molecule has 2 N–H and O–H groups in total. The van der Waals surface area contributed by atoms with Gasteiger partial charge >= 0.3 is 0 Å². The van der Waals surface area contributed by atoms with E-state index in [0.717, 1.165) is 0 Å². The highest BCUT2D eigenvalue weighted by Crippen LogP contribution is 1.96. The lowest BCUT2D eigenvalue weighted by Crippen LogP contribution is -2.30. The van der Waals surface area contributed by atoms with Crippen LogP contribution >= 0.6 is 0 Å². The van der Waals surface area contributed by atoms with Crippen LogP contribution in [0.3, 0.4) is 0 Å². The van der Waals surface area contributed by atoms with Crippen molar-refractivity contribution in [3.8, 4) is 0 Å². The third-order valence-electron chi connectivity index (χ3n) is 2.04. The van der Waals surface area contributed by atoms with Crippen LogP contribution in [0.1, 0.15) is 25.7 Å². The molecule has 0 spiro atoms. The van der Waals surface area contributed by atoms with E-state index in [2.05, 4.69) is 10.6 Å². The molecule has 0 radical (unpaired) electrons. The lowest BCUT2D eigenvalue weighted by molar-refractivity contribution is -0.128. The Morgan fingerprint density at radius 3 is 2.07 bits per heavy atom. The average molecular weight is 196 g/mol. The van der Waals surface area contributed by atoms with E-state index in [1.165, 1.54) is 38.4 Å². The Morgan fingerprint density at radius 2 is 1.79 bits per heavy atom. The van der Waals surface area contributed by atoms with Crippen molar-refractivity contribution < 1.29 is 9.59 Å². The first-order chi connectivity index (χ1) is 6.79. The number of nitrogens with one attached hydrogen (secondary N) is 2. The van der Waals surface area contributed by atoms with E-state index in [-0.39, 0.29) is 11.8 Å². The van der Waals surface area contributed by atoms with Gasteiger partial charge in [-0.05, 0) is 32.0 Å². The second kappa shape index (κ2) is 6.32. The molecule has 0 atom stereocenters. The van der Waals surface area contributed by atoms with Crippen LogP contribution in [0.25, 0.3) is 0 Å². The predicted molar refractivity (Wildman–Crippen MR) is 53.6 cm³/mol. The minimum absolute atomic E-state index is 0.225. The fraction of sp³-hybridized carbons (Fsp3) is 0.600. The van der Waals surface area contributed by atoms with Crippen LogP contribution in [0.5, 0.6) is 0 Å². The van der Waals surface area contributed by atoms with Gasteiger partial charge < -0.3 is 5.32 Å². The van der Waals surface area contributed by atoms with Gasteiger partial charge in [0.1, 0.15) is 0 Å². The van der Waals surface area contributed by atoms with Gasteiger partial charge in [0, 0.05) is 6.42 Å². The van der Waals surface area contributed by atoms with E-state index in [1.807, 2.05) is 0 Å². The highest BCUT2D eigenvalue weighted by molar-refractivity contribution is 6.03. The van der Waals surface area contributed by atoms with E-state index >= 15 is 0 Å². The Kier molecular flexibility index (Phi) is 4.93. The third-order valence-corrected chi connectivity index (χ3v) is 2.04. The Balaban J connectivity index is 0.000000146. The highest BCUT2D eigenvalue weighted by atomic mass is 16.2. The molecule has 2 aliphatic heterocycles. The first-order valence-electron chi connectivity index (χ1n) is 5.00. The van der Waals surface area contributed by atoms with E-state index in [9.17, 15) is 9.59 Å². The first-order valence-corrected chi connectivity index (χ1v) is 5.00. The topological polar surface area (TPSA) is 58.2 Å². The molecule has 0 aromatic rings. The number of piperidine rings is 1. The predicted octanol–water partition coefficient (Wildman–Crippen LogP) is 0.349. The van der Waals surface area contributed by atoms with Crippen LogP contribution in [-0.4, -0.2) is 24.9 Å². The fourth-order valence-electron chi connectivity index (χ4n) is 1.30. The molecule has 4 heteroatoms. The largest absolute Gasteiger partial charge is 0.317 e. The Bertz CT molecular complexity index is 221. The summed E-state index contributed by atoms with van der Waals surface area (Å²) in [6.45, 7) is 2.50. The van der Waals surface area contributed by atoms with Gasteiger partial charge in [0.25, 0.3) is 0 Å². The summed E-state index contributed by atoms with van der Waals surface area (Å²) in [5.41, 5.74) is 0. The normalized spacial score (nSPS) is 20.9. The van der Waals surface area contributed by atoms with Crippen molar-refractivity contribution in [1.29, 1.82) is 0 Å². The second-order valence-corrected chi connectivity index (χ2v) is 3.33. The number of carbonyl (C=O) groups excluding carboxylic acids is 2. The van der Waals surface area contributed by atoms with Gasteiger partial charge in [-0.1, -0.05) is 12.5 Å². The summed E-state index contributed by atoms with van der Waals surface area (Å²) in [4.78, 5) is 20.5. The van der Waals surface area contributed by atoms with E-state index in [4.69, 9.17) is 0 Å². The number of imide groups is 1. The summed E-state index contributed by atoms with van der Waals surface area (Å²) in [6.07, 6.45) is 7.43. The second-order valence-electron chi connectivity index (χ2n) is 3.33. The summed E-state index contributed by atoms with van der Waals surface area (Å²) < 4.78 is 0. The summed E-state index contributed by atoms with van der Waals surface area (Å²) in [5.74, 6) is -0.543. The third kappa shape index (κ3) is 4.77. The number of rotatable bonds is 0. The maximum Gasteiger partial charge on any atom is 0.250 e. The van der Waals surface area contributed by atoms with Gasteiger partial charge in [-0.15, -0.1) is 0 Å². The standard InChI is InChI=1S/C5H5NO2.C5H11N/c7-4-2-1-3-5(8)6-4;1-2-4-6-5-3-1/h1-2H,3H2,(H,6,7,8);6H,1-5H2. The summed E-state index contributed by atoms with van der Waals surface area (Å²) in [6, 6.07) is 0. The molecule has 2 heterocycles. The smallest absolute Gasteiger partial charge is 0.250 e. The van der Waals surface area contributed by atoms with E-state index < -0.39 is 0 Å². The van der Waals surface area contributed by atoms with E-state index in [0.29, 0.717) is 6.42 Å². The maximum atomic E-state index is 10.3. The summed E-state index contributed by atoms with van der Waals surface area (Å²) in [7, 11) is 0. The van der Waals surface area contributed by atoms with Crippen LogP contribution in [0.2, 0.25) is 0 Å². The maximum absolute atomic E-state index is 10.3. The van der Waals surface area contributed by atoms with Gasteiger partial charge in [0.05, 0.1) is 0 Å². The molecular weight excluding hydrogens is 180 g/mol. The molecule has 14 heavy (non-hydrogen) atoms. The van der Waals surface area contributed by atoms with Crippen LogP contribution in [-0.2, 0) is 9.59 Å². The van der Waals surface area contributed by atoms with Crippen molar-refractivity contribution in [2.24, 2.45) is 0 Å². The van der Waals surface area contributed by atoms with Crippen molar-refractivity contribution in [2.45, 2.75) is 25.7 Å². The van der Waals surface area contributed by atoms with Crippen LogP contribution < -0.4 is 10.6 Å². The van der Waals surface area contributed by atoms with Crippen LogP contribution in [0.15, 0.2) is 12.2 Å². The zero-order chi connectivity index (χ0) is 10.2. The lowest BCUT2D eigenvalue weighted by Gasteiger charge is -2.08. The quantitative estimate of drug-likeness (QED) is 0.550. The number of hydrogen-bond donors (Lipinski definition) is 2. The monoisotopic (exact) mass is 196 g/mol. The van der Waals surface area contributed by atoms with Crippen molar-refractivity contribution >= 4 is 11.8 Å². The SMILES string of the molecule is C1CCNCC1.O=C1C=CCC(=O)N1. The van der Waals surface area contributed by atoms with Gasteiger partial charge in [0.2, 0.25) is 11.8 Å². The van der Waals surface area contributed by atoms with Gasteiger partial charge in [-0.25, -0.2) is 0 Å². The van der Waals surface area contributed by atoms with Crippen molar-refractivity contribution in [1.82, 2.24) is 10.6 Å². The molecule has 1 fully saturated rings. The first kappa shape index (κ1) is 10.9. The molecule has 1 saturated heterocycles. The molecule has 0 saturated carbocycles. The Morgan fingerprint density at radius 1 is 1.07 bits per heavy atom. The molecule has 2 rings (SSSR count). The van der Waals surface area contributed by atoms with Crippen molar-refractivity contribution in [3.05, 3.63) is 12.2 Å². The molecule has 78 valence electrons. The molecule has 0 bridgehead atoms. The molecule has 4 nitrogen and oxygen atoms in total. The van der Waals surface area contributed by atoms with Crippen LogP contribution in [0.4, 0.5) is 0 Å². The summed E-state index contributed by atoms with van der Waals surface area (Å²) in [5, 5.41) is 5.40. The van der Waals surface area contributed by atoms with E-state index in [1.54, 1.807) is 6.08 Å². The van der Waals surface area contributed by atoms with Crippen molar-refractivity contribution in [2.75, 3.05) is 13.1 Å². The molecule has 0 aromatic heterocycles. The molecule has 2 amide bonds. The fourth-order valence-corrected chi connectivity index (χ4v) is 1.30. The Hall–Kier alpha value is -1.16. The molecule has 0 unspecified atom stereocenters. The van der Waals surface area contributed by atoms with Crippen molar-refractivity contribution in [3.63, 3.8) is 0 Å². The highest BCUT2D eigenvalue weighted by Gasteiger charge is 2.06. The number of carbonyl (C=O) groups is 2. The summed E-state index contributed by atoms with van der Waals surface area (Å²) >= 11 is 0. The van der Waals surface area contributed by atoms with Gasteiger partial charge in [-0.2, -0.15) is 0 Å². The Labute approximate surface area is 83.8 Å². The molecule has 0 aromatic carbocycles. The molecule has 0 aliphatic carbocycles. The van der Waals surface area contributed by atoms with Gasteiger partial charge in [-0.3, -0.25) is 14.9 Å². The molecular formula is C10H16N2O2. The number of amides is 2. The molecule has 2 aliphatic rings. The minimum Gasteiger partial charge on any atom is -0.317 e. The van der Waals surface area contributed by atoms with Crippen LogP contribution in [0, 0.1) is 0 Å². The number of hydrogen-bond acceptors (Lipinski definition) is 3.